The molecule has 2 fully saturated rings. The van der Waals surface area contributed by atoms with Crippen molar-refractivity contribution in [2.24, 2.45) is 17.6 Å². The molecule has 2 aliphatic carbocycles. The van der Waals surface area contributed by atoms with Crippen molar-refractivity contribution >= 4 is 5.91 Å². The average molecular weight is 240 g/mol. The lowest BCUT2D eigenvalue weighted by atomic mass is 9.79. The van der Waals surface area contributed by atoms with Gasteiger partial charge in [-0.05, 0) is 57.4 Å². The van der Waals surface area contributed by atoms with Gasteiger partial charge in [0.25, 0.3) is 0 Å². The second-order valence-corrected chi connectivity index (χ2v) is 5.75. The van der Waals surface area contributed by atoms with Crippen LogP contribution in [0, 0.1) is 11.8 Å². The Morgan fingerprint density at radius 2 is 1.94 bits per heavy atom. The zero-order valence-corrected chi connectivity index (χ0v) is 10.5. The van der Waals surface area contributed by atoms with Gasteiger partial charge in [0.2, 0.25) is 5.91 Å². The van der Waals surface area contributed by atoms with E-state index < -0.39 is 5.60 Å². The highest BCUT2D eigenvalue weighted by Crippen LogP contribution is 2.31. The topological polar surface area (TPSA) is 75.4 Å². The molecule has 17 heavy (non-hydrogen) atoms. The van der Waals surface area contributed by atoms with E-state index in [9.17, 15) is 9.90 Å². The molecule has 0 atom stereocenters. The Labute approximate surface area is 103 Å². The fourth-order valence-corrected chi connectivity index (χ4v) is 2.82. The normalized spacial score (nSPS) is 31.6. The summed E-state index contributed by atoms with van der Waals surface area (Å²) in [6.07, 6.45) is 6.77. The molecule has 0 unspecified atom stereocenters. The molecule has 98 valence electrons. The van der Waals surface area contributed by atoms with Crippen molar-refractivity contribution < 1.29 is 9.90 Å². The van der Waals surface area contributed by atoms with Crippen molar-refractivity contribution in [3.05, 3.63) is 0 Å². The quantitative estimate of drug-likeness (QED) is 0.680. The minimum Gasteiger partial charge on any atom is -0.388 e. The van der Waals surface area contributed by atoms with Gasteiger partial charge in [-0.15, -0.1) is 0 Å². The third-order valence-electron chi connectivity index (χ3n) is 4.43. The van der Waals surface area contributed by atoms with Gasteiger partial charge in [0.15, 0.2) is 0 Å². The third kappa shape index (κ3) is 3.19. The van der Waals surface area contributed by atoms with Crippen LogP contribution in [0.5, 0.6) is 0 Å². The van der Waals surface area contributed by atoms with Crippen LogP contribution in [-0.2, 0) is 4.79 Å². The number of carbonyl (C=O) groups is 1. The molecule has 0 aliphatic heterocycles. The van der Waals surface area contributed by atoms with Crippen LogP contribution in [0.15, 0.2) is 0 Å². The van der Waals surface area contributed by atoms with Crippen molar-refractivity contribution in [3.63, 3.8) is 0 Å². The smallest absolute Gasteiger partial charge is 0.223 e. The summed E-state index contributed by atoms with van der Waals surface area (Å²) in [6, 6.07) is 0. The molecular formula is C13H24N2O2. The van der Waals surface area contributed by atoms with Gasteiger partial charge < -0.3 is 16.2 Å². The number of nitrogens with one attached hydrogen (secondary N) is 1. The zero-order valence-electron chi connectivity index (χ0n) is 10.5. The van der Waals surface area contributed by atoms with Crippen LogP contribution in [0.25, 0.3) is 0 Å². The van der Waals surface area contributed by atoms with E-state index in [0.29, 0.717) is 12.5 Å². The van der Waals surface area contributed by atoms with Crippen molar-refractivity contribution in [2.45, 2.75) is 50.5 Å². The highest BCUT2D eigenvalue weighted by molar-refractivity contribution is 5.78. The number of hydrogen-bond donors (Lipinski definition) is 3. The molecule has 4 N–H and O–H groups in total. The molecule has 1 amide bonds. The SMILES string of the molecule is NCC1CCC(C(=O)NCC2(O)CCC2)CC1. The average Bonchev–Trinajstić information content (AvgIpc) is 2.33. The lowest BCUT2D eigenvalue weighted by Crippen LogP contribution is -2.49. The summed E-state index contributed by atoms with van der Waals surface area (Å²) in [5.74, 6) is 0.872. The first-order valence-electron chi connectivity index (χ1n) is 6.83. The second kappa shape index (κ2) is 5.36. The molecule has 0 aromatic heterocycles. The molecular weight excluding hydrogens is 216 g/mol. The molecule has 0 heterocycles. The van der Waals surface area contributed by atoms with Gasteiger partial charge in [-0.3, -0.25) is 4.79 Å². The Bertz CT molecular complexity index is 269. The van der Waals surface area contributed by atoms with Crippen LogP contribution in [0.3, 0.4) is 0 Å². The van der Waals surface area contributed by atoms with Gasteiger partial charge in [0.05, 0.1) is 5.60 Å². The van der Waals surface area contributed by atoms with E-state index in [0.717, 1.165) is 51.5 Å². The van der Waals surface area contributed by atoms with Gasteiger partial charge in [-0.2, -0.15) is 0 Å². The first kappa shape index (κ1) is 12.8. The molecule has 0 radical (unpaired) electrons. The summed E-state index contributed by atoms with van der Waals surface area (Å²) in [4.78, 5) is 11.9. The van der Waals surface area contributed by atoms with Gasteiger partial charge in [-0.25, -0.2) is 0 Å². The molecule has 0 aromatic rings. The highest BCUT2D eigenvalue weighted by Gasteiger charge is 2.35. The molecule has 4 heteroatoms. The summed E-state index contributed by atoms with van der Waals surface area (Å²) in [5.41, 5.74) is 5.03. The predicted octanol–water partition coefficient (Wildman–Crippen LogP) is 0.783. The van der Waals surface area contributed by atoms with Crippen molar-refractivity contribution in [3.8, 4) is 0 Å². The monoisotopic (exact) mass is 240 g/mol. The van der Waals surface area contributed by atoms with Gasteiger partial charge >= 0.3 is 0 Å². The fourth-order valence-electron chi connectivity index (χ4n) is 2.82. The lowest BCUT2D eigenvalue weighted by Gasteiger charge is -2.37. The maximum Gasteiger partial charge on any atom is 0.223 e. The molecule has 2 aliphatic rings. The van der Waals surface area contributed by atoms with Crippen LogP contribution >= 0.6 is 0 Å². The highest BCUT2D eigenvalue weighted by atomic mass is 16.3. The molecule has 4 nitrogen and oxygen atoms in total. The Morgan fingerprint density at radius 3 is 2.41 bits per heavy atom. The second-order valence-electron chi connectivity index (χ2n) is 5.75. The summed E-state index contributed by atoms with van der Waals surface area (Å²) in [6.45, 7) is 1.18. The summed E-state index contributed by atoms with van der Waals surface area (Å²) >= 11 is 0. The number of rotatable bonds is 4. The van der Waals surface area contributed by atoms with Crippen LogP contribution in [-0.4, -0.2) is 29.7 Å². The Morgan fingerprint density at radius 1 is 1.29 bits per heavy atom. The summed E-state index contributed by atoms with van der Waals surface area (Å²) in [5, 5.41) is 12.8. The van der Waals surface area contributed by atoms with Crippen LogP contribution in [0.2, 0.25) is 0 Å². The minimum atomic E-state index is -0.607. The first-order valence-corrected chi connectivity index (χ1v) is 6.83. The first-order chi connectivity index (χ1) is 8.13. The number of nitrogens with two attached hydrogens (primary N) is 1. The van der Waals surface area contributed by atoms with E-state index in [1.807, 2.05) is 0 Å². The van der Waals surface area contributed by atoms with Crippen LogP contribution < -0.4 is 11.1 Å². The maximum absolute atomic E-state index is 11.9. The minimum absolute atomic E-state index is 0.126. The number of amides is 1. The Kier molecular flexibility index (Phi) is 4.05. The van der Waals surface area contributed by atoms with Crippen molar-refractivity contribution in [2.75, 3.05) is 13.1 Å². The predicted molar refractivity (Wildman–Crippen MR) is 66.3 cm³/mol. The Hall–Kier alpha value is -0.610. The van der Waals surface area contributed by atoms with E-state index >= 15 is 0 Å². The van der Waals surface area contributed by atoms with Crippen molar-refractivity contribution in [1.82, 2.24) is 5.32 Å². The molecule has 2 rings (SSSR count). The largest absolute Gasteiger partial charge is 0.388 e. The number of aliphatic hydroxyl groups is 1. The lowest BCUT2D eigenvalue weighted by molar-refractivity contribution is -0.128. The van der Waals surface area contributed by atoms with Gasteiger partial charge in [0.1, 0.15) is 0 Å². The fraction of sp³-hybridized carbons (Fsp3) is 0.923. The third-order valence-corrected chi connectivity index (χ3v) is 4.43. The van der Waals surface area contributed by atoms with Gasteiger partial charge in [0, 0.05) is 12.5 Å². The van der Waals surface area contributed by atoms with E-state index in [1.54, 1.807) is 0 Å². The number of hydrogen-bond acceptors (Lipinski definition) is 3. The van der Waals surface area contributed by atoms with Crippen LogP contribution in [0.4, 0.5) is 0 Å². The van der Waals surface area contributed by atoms with Crippen LogP contribution in [0.1, 0.15) is 44.9 Å². The van der Waals surface area contributed by atoms with Crippen molar-refractivity contribution in [1.29, 1.82) is 0 Å². The van der Waals surface area contributed by atoms with E-state index in [2.05, 4.69) is 5.32 Å². The molecule has 2 saturated carbocycles. The van der Waals surface area contributed by atoms with Gasteiger partial charge in [-0.1, -0.05) is 0 Å². The Balaban J connectivity index is 1.69. The van der Waals surface area contributed by atoms with E-state index in [1.165, 1.54) is 0 Å². The molecule has 0 spiro atoms. The number of carbonyl (C=O) groups excluding carboxylic acids is 1. The summed E-state index contributed by atoms with van der Waals surface area (Å²) in [7, 11) is 0. The molecule has 0 saturated heterocycles. The van der Waals surface area contributed by atoms with E-state index in [-0.39, 0.29) is 11.8 Å². The summed E-state index contributed by atoms with van der Waals surface area (Å²) < 4.78 is 0. The zero-order chi connectivity index (χ0) is 12.3. The maximum atomic E-state index is 11.9. The molecule has 0 bridgehead atoms. The van der Waals surface area contributed by atoms with E-state index in [4.69, 9.17) is 5.73 Å². The standard InChI is InChI=1S/C13H24N2O2/c14-8-10-2-4-11(5-3-10)12(16)15-9-13(17)6-1-7-13/h10-11,17H,1-9,14H2,(H,15,16). The molecule has 0 aromatic carbocycles.